The highest BCUT2D eigenvalue weighted by Gasteiger charge is 2.24. The van der Waals surface area contributed by atoms with Crippen molar-refractivity contribution in [1.29, 1.82) is 0 Å². The van der Waals surface area contributed by atoms with Crippen molar-refractivity contribution in [3.05, 3.63) is 23.5 Å². The first-order valence-electron chi connectivity index (χ1n) is 7.09. The molecule has 0 bridgehead atoms. The summed E-state index contributed by atoms with van der Waals surface area (Å²) in [7, 11) is 1.81. The number of nitrogens with zero attached hydrogens (tertiary/aromatic N) is 2. The molecule has 0 N–H and O–H groups in total. The highest BCUT2D eigenvalue weighted by Crippen LogP contribution is 2.16. The summed E-state index contributed by atoms with van der Waals surface area (Å²) in [6.45, 7) is 4.55. The van der Waals surface area contributed by atoms with Gasteiger partial charge in [0.2, 0.25) is 0 Å². The molecule has 1 aliphatic rings. The highest BCUT2D eigenvalue weighted by atomic mass is 16.5. The second-order valence-electron chi connectivity index (χ2n) is 5.43. The molecule has 5 nitrogen and oxygen atoms in total. The average Bonchev–Trinajstić information content (AvgIpc) is 2.76. The van der Waals surface area contributed by atoms with Crippen molar-refractivity contribution in [2.24, 2.45) is 7.05 Å². The molecule has 1 atom stereocenters. The fraction of sp³-hybridized carbons (Fsp3) is 0.600. The van der Waals surface area contributed by atoms with Crippen molar-refractivity contribution in [3.8, 4) is 0 Å². The number of esters is 1. The largest absolute Gasteiger partial charge is 0.451 e. The number of piperidine rings is 1. The molecule has 110 valence electrons. The molecule has 2 heterocycles. The number of rotatable bonds is 3. The second kappa shape index (κ2) is 6.11. The fourth-order valence-corrected chi connectivity index (χ4v) is 2.57. The summed E-state index contributed by atoms with van der Waals surface area (Å²) in [6, 6.07) is 3.81. The van der Waals surface area contributed by atoms with Gasteiger partial charge >= 0.3 is 5.97 Å². The first-order chi connectivity index (χ1) is 9.50. The van der Waals surface area contributed by atoms with Crippen LogP contribution < -0.4 is 0 Å². The average molecular weight is 278 g/mol. The molecule has 20 heavy (non-hydrogen) atoms. The van der Waals surface area contributed by atoms with Gasteiger partial charge in [-0.2, -0.15) is 0 Å². The Hall–Kier alpha value is -1.78. The van der Waals surface area contributed by atoms with Crippen LogP contribution in [0.3, 0.4) is 0 Å². The van der Waals surface area contributed by atoms with Crippen LogP contribution in [-0.4, -0.2) is 40.5 Å². The number of carbonyl (C=O) groups excluding carboxylic acids is 2. The molecule has 2 rings (SSSR count). The van der Waals surface area contributed by atoms with Gasteiger partial charge < -0.3 is 14.2 Å². The molecule has 1 unspecified atom stereocenters. The summed E-state index contributed by atoms with van der Waals surface area (Å²) in [5.41, 5.74) is 1.45. The molecular weight excluding hydrogens is 256 g/mol. The van der Waals surface area contributed by atoms with Gasteiger partial charge in [0.25, 0.3) is 5.91 Å². The molecule has 1 aromatic rings. The maximum atomic E-state index is 12.1. The van der Waals surface area contributed by atoms with Gasteiger partial charge in [-0.05, 0) is 45.2 Å². The van der Waals surface area contributed by atoms with Crippen LogP contribution in [0.15, 0.2) is 12.1 Å². The van der Waals surface area contributed by atoms with Crippen molar-refractivity contribution in [1.82, 2.24) is 9.47 Å². The Labute approximate surface area is 119 Å². The summed E-state index contributed by atoms with van der Waals surface area (Å²) in [5.74, 6) is -0.546. The van der Waals surface area contributed by atoms with E-state index in [0.29, 0.717) is 5.69 Å². The minimum absolute atomic E-state index is 0.100. The normalized spacial score (nSPS) is 18.9. The predicted molar refractivity (Wildman–Crippen MR) is 75.5 cm³/mol. The van der Waals surface area contributed by atoms with E-state index in [1.54, 1.807) is 17.7 Å². The number of hydrogen-bond donors (Lipinski definition) is 0. The van der Waals surface area contributed by atoms with Gasteiger partial charge in [-0.25, -0.2) is 4.79 Å². The van der Waals surface area contributed by atoms with E-state index in [2.05, 4.69) is 0 Å². The van der Waals surface area contributed by atoms with Crippen molar-refractivity contribution >= 4 is 11.9 Å². The van der Waals surface area contributed by atoms with E-state index >= 15 is 0 Å². The number of likely N-dealkylation sites (tertiary alicyclic amines) is 1. The molecule has 5 heteroatoms. The third kappa shape index (κ3) is 3.03. The lowest BCUT2D eigenvalue weighted by Crippen LogP contribution is -2.44. The number of hydrogen-bond acceptors (Lipinski definition) is 3. The molecule has 0 spiro atoms. The van der Waals surface area contributed by atoms with Crippen LogP contribution >= 0.6 is 0 Å². The summed E-state index contributed by atoms with van der Waals surface area (Å²) in [4.78, 5) is 25.8. The first kappa shape index (κ1) is 14.6. The summed E-state index contributed by atoms with van der Waals surface area (Å²) in [6.07, 6.45) is 3.21. The van der Waals surface area contributed by atoms with E-state index in [0.717, 1.165) is 31.5 Å². The SMILES string of the molecule is Cc1ccc(C(=O)OCC(=O)N2CCCCC2C)n1C. The van der Waals surface area contributed by atoms with Crippen molar-refractivity contribution in [3.63, 3.8) is 0 Å². The number of amides is 1. The number of ether oxygens (including phenoxy) is 1. The Morgan fingerprint density at radius 2 is 2.10 bits per heavy atom. The zero-order valence-electron chi connectivity index (χ0n) is 12.4. The van der Waals surface area contributed by atoms with Crippen LogP contribution in [0.4, 0.5) is 0 Å². The lowest BCUT2D eigenvalue weighted by Gasteiger charge is -2.33. The van der Waals surface area contributed by atoms with Crippen molar-refractivity contribution in [2.75, 3.05) is 13.2 Å². The number of carbonyl (C=O) groups is 2. The van der Waals surface area contributed by atoms with E-state index in [4.69, 9.17) is 4.74 Å². The molecule has 1 fully saturated rings. The Bertz CT molecular complexity index is 507. The van der Waals surface area contributed by atoms with E-state index in [9.17, 15) is 9.59 Å². The van der Waals surface area contributed by atoms with Gasteiger partial charge in [-0.15, -0.1) is 0 Å². The molecule has 1 aliphatic heterocycles. The quantitative estimate of drug-likeness (QED) is 0.793. The van der Waals surface area contributed by atoms with E-state index < -0.39 is 5.97 Å². The minimum Gasteiger partial charge on any atom is -0.451 e. The standard InChI is InChI=1S/C15H22N2O3/c1-11-7-8-13(16(11)3)15(19)20-10-14(18)17-9-5-4-6-12(17)2/h7-8,12H,4-6,9-10H2,1-3H3. The zero-order chi connectivity index (χ0) is 14.7. The van der Waals surface area contributed by atoms with Gasteiger partial charge in [0.05, 0.1) is 0 Å². The Balaban J connectivity index is 1.90. The van der Waals surface area contributed by atoms with Crippen molar-refractivity contribution < 1.29 is 14.3 Å². The van der Waals surface area contributed by atoms with Crippen LogP contribution in [0.5, 0.6) is 0 Å². The lowest BCUT2D eigenvalue weighted by molar-refractivity contribution is -0.137. The van der Waals surface area contributed by atoms with Crippen LogP contribution in [0, 0.1) is 6.92 Å². The number of aromatic nitrogens is 1. The van der Waals surface area contributed by atoms with Crippen LogP contribution in [0.2, 0.25) is 0 Å². The zero-order valence-corrected chi connectivity index (χ0v) is 12.4. The predicted octanol–water partition coefficient (Wildman–Crippen LogP) is 1.89. The fourth-order valence-electron chi connectivity index (χ4n) is 2.57. The molecular formula is C15H22N2O3. The third-order valence-corrected chi connectivity index (χ3v) is 4.03. The first-order valence-corrected chi connectivity index (χ1v) is 7.09. The molecule has 0 aliphatic carbocycles. The van der Waals surface area contributed by atoms with E-state index in [1.165, 1.54) is 0 Å². The summed E-state index contributed by atoms with van der Waals surface area (Å²) >= 11 is 0. The molecule has 0 saturated carbocycles. The Kier molecular flexibility index (Phi) is 4.47. The van der Waals surface area contributed by atoms with Gasteiger partial charge in [0, 0.05) is 25.3 Å². The summed E-state index contributed by atoms with van der Waals surface area (Å²) in [5, 5.41) is 0. The maximum absolute atomic E-state index is 12.1. The van der Waals surface area contributed by atoms with Crippen LogP contribution in [0.1, 0.15) is 42.4 Å². The van der Waals surface area contributed by atoms with E-state index in [1.807, 2.05) is 24.8 Å². The smallest absolute Gasteiger partial charge is 0.355 e. The molecule has 1 aromatic heterocycles. The van der Waals surface area contributed by atoms with E-state index in [-0.39, 0.29) is 18.6 Å². The van der Waals surface area contributed by atoms with Gasteiger partial charge in [-0.1, -0.05) is 0 Å². The highest BCUT2D eigenvalue weighted by molar-refractivity contribution is 5.90. The molecule has 1 saturated heterocycles. The van der Waals surface area contributed by atoms with Gasteiger partial charge in [0.15, 0.2) is 6.61 Å². The van der Waals surface area contributed by atoms with Crippen LogP contribution in [0.25, 0.3) is 0 Å². The molecule has 0 aromatic carbocycles. The second-order valence-corrected chi connectivity index (χ2v) is 5.43. The van der Waals surface area contributed by atoms with Gasteiger partial charge in [0.1, 0.15) is 5.69 Å². The van der Waals surface area contributed by atoms with Crippen molar-refractivity contribution in [2.45, 2.75) is 39.2 Å². The molecule has 1 amide bonds. The third-order valence-electron chi connectivity index (χ3n) is 4.03. The monoisotopic (exact) mass is 278 g/mol. The van der Waals surface area contributed by atoms with Gasteiger partial charge in [-0.3, -0.25) is 4.79 Å². The number of aryl methyl sites for hydroxylation is 1. The maximum Gasteiger partial charge on any atom is 0.355 e. The Morgan fingerprint density at radius 1 is 1.35 bits per heavy atom. The summed E-state index contributed by atoms with van der Waals surface area (Å²) < 4.78 is 6.89. The molecule has 0 radical (unpaired) electrons. The van der Waals surface area contributed by atoms with Crippen LogP contribution in [-0.2, 0) is 16.6 Å². The topological polar surface area (TPSA) is 51.5 Å². The lowest BCUT2D eigenvalue weighted by atomic mass is 10.0. The Morgan fingerprint density at radius 3 is 2.70 bits per heavy atom. The minimum atomic E-state index is -0.446.